The first kappa shape index (κ1) is 24.3. The lowest BCUT2D eigenvalue weighted by Gasteiger charge is -2.14. The monoisotopic (exact) mass is 506 g/mol. The summed E-state index contributed by atoms with van der Waals surface area (Å²) in [5, 5.41) is 6.57. The van der Waals surface area contributed by atoms with Gasteiger partial charge in [-0.2, -0.15) is 5.10 Å². The van der Waals surface area contributed by atoms with Crippen LogP contribution in [-0.4, -0.2) is 24.2 Å². The molecule has 4 aromatic carbocycles. The molecule has 4 rings (SSSR count). The SMILES string of the molecule is CC(Oc1ccc(Cl)cc1Cl)C(=O)NN=Cc1c(OC(=O)c2ccccc2)ccc2ccccc12. The molecule has 0 aromatic heterocycles. The summed E-state index contributed by atoms with van der Waals surface area (Å²) in [5.74, 6) is -0.351. The summed E-state index contributed by atoms with van der Waals surface area (Å²) < 4.78 is 11.3. The lowest BCUT2D eigenvalue weighted by molar-refractivity contribution is -0.127. The van der Waals surface area contributed by atoms with Crippen molar-refractivity contribution >= 4 is 52.1 Å². The predicted octanol–water partition coefficient (Wildman–Crippen LogP) is 6.28. The van der Waals surface area contributed by atoms with Crippen molar-refractivity contribution in [1.29, 1.82) is 0 Å². The molecule has 1 atom stereocenters. The normalized spacial score (nSPS) is 11.9. The average Bonchev–Trinajstić information content (AvgIpc) is 2.87. The first-order chi connectivity index (χ1) is 16.9. The van der Waals surface area contributed by atoms with Gasteiger partial charge in [-0.1, -0.05) is 71.7 Å². The topological polar surface area (TPSA) is 77.0 Å². The number of nitrogens with one attached hydrogen (secondary N) is 1. The Bertz CT molecular complexity index is 1410. The van der Waals surface area contributed by atoms with Gasteiger partial charge in [0.05, 0.1) is 16.8 Å². The Morgan fingerprint density at radius 2 is 1.63 bits per heavy atom. The summed E-state index contributed by atoms with van der Waals surface area (Å²) in [6.45, 7) is 1.57. The van der Waals surface area contributed by atoms with Crippen LogP contribution in [0, 0.1) is 0 Å². The molecule has 0 saturated heterocycles. The molecular weight excluding hydrogens is 487 g/mol. The molecule has 6 nitrogen and oxygen atoms in total. The number of benzene rings is 4. The Balaban J connectivity index is 1.53. The Kier molecular flexibility index (Phi) is 7.65. The van der Waals surface area contributed by atoms with Gasteiger partial charge >= 0.3 is 5.97 Å². The van der Waals surface area contributed by atoms with Crippen LogP contribution >= 0.6 is 23.2 Å². The lowest BCUT2D eigenvalue weighted by atomic mass is 10.0. The highest BCUT2D eigenvalue weighted by molar-refractivity contribution is 6.35. The van der Waals surface area contributed by atoms with Crippen LogP contribution in [0.4, 0.5) is 0 Å². The molecule has 0 fully saturated rings. The number of ether oxygens (including phenoxy) is 2. The van der Waals surface area contributed by atoms with E-state index < -0.39 is 18.0 Å². The van der Waals surface area contributed by atoms with Crippen molar-refractivity contribution in [1.82, 2.24) is 5.43 Å². The number of nitrogens with zero attached hydrogens (tertiary/aromatic N) is 1. The molecule has 0 heterocycles. The van der Waals surface area contributed by atoms with Crippen LogP contribution in [0.5, 0.6) is 11.5 Å². The van der Waals surface area contributed by atoms with Crippen LogP contribution in [0.3, 0.4) is 0 Å². The molecule has 0 spiro atoms. The van der Waals surface area contributed by atoms with Crippen LogP contribution < -0.4 is 14.9 Å². The summed E-state index contributed by atoms with van der Waals surface area (Å²) >= 11 is 12.0. The van der Waals surface area contributed by atoms with Gasteiger partial charge in [-0.05, 0) is 54.1 Å². The van der Waals surface area contributed by atoms with Crippen molar-refractivity contribution < 1.29 is 19.1 Å². The fraction of sp³-hybridized carbons (Fsp3) is 0.0741. The van der Waals surface area contributed by atoms with Gasteiger partial charge in [0, 0.05) is 10.6 Å². The molecule has 1 amide bonds. The van der Waals surface area contributed by atoms with Gasteiger partial charge in [-0.15, -0.1) is 0 Å². The number of carbonyl (C=O) groups is 2. The minimum atomic E-state index is -0.881. The Hall–Kier alpha value is -3.87. The van der Waals surface area contributed by atoms with E-state index in [9.17, 15) is 9.59 Å². The molecule has 176 valence electrons. The van der Waals surface area contributed by atoms with Crippen molar-refractivity contribution in [3.63, 3.8) is 0 Å². The Morgan fingerprint density at radius 1 is 0.914 bits per heavy atom. The maximum atomic E-state index is 12.6. The second kappa shape index (κ2) is 11.0. The first-order valence-corrected chi connectivity index (χ1v) is 11.4. The van der Waals surface area contributed by atoms with Gasteiger partial charge in [0.25, 0.3) is 5.91 Å². The van der Waals surface area contributed by atoms with Crippen molar-refractivity contribution in [2.45, 2.75) is 13.0 Å². The number of amides is 1. The molecule has 0 aliphatic heterocycles. The lowest BCUT2D eigenvalue weighted by Crippen LogP contribution is -2.33. The van der Waals surface area contributed by atoms with Gasteiger partial charge < -0.3 is 9.47 Å². The third-order valence-electron chi connectivity index (χ3n) is 5.08. The second-order valence-electron chi connectivity index (χ2n) is 7.52. The summed E-state index contributed by atoms with van der Waals surface area (Å²) in [4.78, 5) is 25.1. The van der Waals surface area contributed by atoms with Crippen molar-refractivity contribution in [2.24, 2.45) is 5.10 Å². The summed E-state index contributed by atoms with van der Waals surface area (Å²) in [7, 11) is 0. The molecule has 0 bridgehead atoms. The van der Waals surface area contributed by atoms with Gasteiger partial charge in [-0.3, -0.25) is 4.79 Å². The zero-order valence-corrected chi connectivity index (χ0v) is 20.1. The Labute approximate surface area is 212 Å². The molecular formula is C27H20Cl2N2O4. The zero-order chi connectivity index (χ0) is 24.8. The van der Waals surface area contributed by atoms with Crippen LogP contribution in [0.1, 0.15) is 22.8 Å². The highest BCUT2D eigenvalue weighted by Gasteiger charge is 2.17. The minimum absolute atomic E-state index is 0.293. The first-order valence-electron chi connectivity index (χ1n) is 10.7. The van der Waals surface area contributed by atoms with E-state index in [1.165, 1.54) is 12.3 Å². The fourth-order valence-corrected chi connectivity index (χ4v) is 3.75. The number of esters is 1. The van der Waals surface area contributed by atoms with E-state index in [-0.39, 0.29) is 0 Å². The van der Waals surface area contributed by atoms with Crippen molar-refractivity contribution in [3.8, 4) is 11.5 Å². The predicted molar refractivity (Wildman–Crippen MR) is 138 cm³/mol. The van der Waals surface area contributed by atoms with Gasteiger partial charge in [-0.25, -0.2) is 10.2 Å². The Morgan fingerprint density at radius 3 is 2.40 bits per heavy atom. The summed E-state index contributed by atoms with van der Waals surface area (Å²) in [6, 6.07) is 24.5. The van der Waals surface area contributed by atoms with Crippen molar-refractivity contribution in [3.05, 3.63) is 106 Å². The molecule has 0 aliphatic carbocycles. The van der Waals surface area contributed by atoms with Crippen LogP contribution in [-0.2, 0) is 4.79 Å². The minimum Gasteiger partial charge on any atom is -0.479 e. The number of hydrazone groups is 1. The fourth-order valence-electron chi connectivity index (χ4n) is 3.30. The molecule has 4 aromatic rings. The summed E-state index contributed by atoms with van der Waals surface area (Å²) in [5.41, 5.74) is 3.42. The smallest absolute Gasteiger partial charge is 0.343 e. The van der Waals surface area contributed by atoms with Gasteiger partial charge in [0.2, 0.25) is 0 Å². The van der Waals surface area contributed by atoms with E-state index in [0.717, 1.165) is 10.8 Å². The molecule has 0 aliphatic rings. The zero-order valence-electron chi connectivity index (χ0n) is 18.6. The van der Waals surface area contributed by atoms with E-state index in [4.69, 9.17) is 32.7 Å². The van der Waals surface area contributed by atoms with Crippen LogP contribution in [0.2, 0.25) is 10.0 Å². The third kappa shape index (κ3) is 5.98. The van der Waals surface area contributed by atoms with E-state index in [0.29, 0.717) is 32.7 Å². The van der Waals surface area contributed by atoms with E-state index in [1.54, 1.807) is 49.4 Å². The quantitative estimate of drug-likeness (QED) is 0.138. The van der Waals surface area contributed by atoms with Gasteiger partial charge in [0.15, 0.2) is 6.10 Å². The number of halogens is 2. The highest BCUT2D eigenvalue weighted by atomic mass is 35.5. The number of hydrogen-bond acceptors (Lipinski definition) is 5. The highest BCUT2D eigenvalue weighted by Crippen LogP contribution is 2.29. The molecule has 1 unspecified atom stereocenters. The maximum absolute atomic E-state index is 12.6. The van der Waals surface area contributed by atoms with E-state index in [2.05, 4.69) is 10.5 Å². The number of rotatable bonds is 7. The van der Waals surface area contributed by atoms with Crippen molar-refractivity contribution in [2.75, 3.05) is 0 Å². The molecule has 8 heteroatoms. The largest absolute Gasteiger partial charge is 0.479 e. The number of carbonyl (C=O) groups excluding carboxylic acids is 2. The second-order valence-corrected chi connectivity index (χ2v) is 8.37. The van der Waals surface area contributed by atoms with E-state index >= 15 is 0 Å². The molecule has 0 radical (unpaired) electrons. The maximum Gasteiger partial charge on any atom is 0.343 e. The van der Waals surface area contributed by atoms with Crippen LogP contribution in [0.15, 0.2) is 90.0 Å². The third-order valence-corrected chi connectivity index (χ3v) is 5.61. The summed E-state index contributed by atoms with van der Waals surface area (Å²) in [6.07, 6.45) is 0.559. The number of fused-ring (bicyclic) bond motifs is 1. The molecule has 1 N–H and O–H groups in total. The number of hydrogen-bond donors (Lipinski definition) is 1. The van der Waals surface area contributed by atoms with E-state index in [1.807, 2.05) is 36.4 Å². The van der Waals surface area contributed by atoms with Gasteiger partial charge in [0.1, 0.15) is 11.5 Å². The molecule has 0 saturated carbocycles. The van der Waals surface area contributed by atoms with Crippen LogP contribution in [0.25, 0.3) is 10.8 Å². The standard InChI is InChI=1S/C27H20Cl2N2O4/c1-17(34-25-14-12-20(28)15-23(25)29)26(32)31-30-16-22-21-10-6-5-7-18(21)11-13-24(22)35-27(33)19-8-3-2-4-9-19/h2-17H,1H3,(H,31,32). The average molecular weight is 507 g/mol. The molecule has 35 heavy (non-hydrogen) atoms.